The first-order chi connectivity index (χ1) is 8.28. The Kier molecular flexibility index (Phi) is 4.23. The quantitative estimate of drug-likeness (QED) is 0.882. The monoisotopic (exact) mass is 247 g/mol. The molecule has 4 heteroatoms. The molecule has 0 aliphatic heterocycles. The number of nitrogens with two attached hydrogens (primary N) is 1. The minimum Gasteiger partial charge on any atom is -0.327 e. The van der Waals surface area contributed by atoms with Gasteiger partial charge in [-0.2, -0.15) is 0 Å². The minimum absolute atomic E-state index is 0.210. The third-order valence-corrected chi connectivity index (χ3v) is 3.57. The standard InChI is InChI=1S/C13H17N3S/c1-2-11(14)6-10-8-15-13(16-9-10)7-12-4-3-5-17-12/h3-5,8-9,11H,2,6-7,14H2,1H3. The molecule has 0 amide bonds. The minimum atomic E-state index is 0.210. The fraction of sp³-hybridized carbons (Fsp3) is 0.385. The average Bonchev–Trinajstić information content (AvgIpc) is 2.84. The highest BCUT2D eigenvalue weighted by Gasteiger charge is 2.04. The molecule has 2 N–H and O–H groups in total. The van der Waals surface area contributed by atoms with Crippen LogP contribution >= 0.6 is 11.3 Å². The van der Waals surface area contributed by atoms with Crippen LogP contribution in [-0.2, 0) is 12.8 Å². The lowest BCUT2D eigenvalue weighted by molar-refractivity contribution is 0.642. The molecule has 0 saturated carbocycles. The topological polar surface area (TPSA) is 51.8 Å². The predicted octanol–water partition coefficient (Wildman–Crippen LogP) is 2.41. The van der Waals surface area contributed by atoms with E-state index >= 15 is 0 Å². The highest BCUT2D eigenvalue weighted by Crippen LogP contribution is 2.12. The van der Waals surface area contributed by atoms with Gasteiger partial charge in [0.15, 0.2) is 0 Å². The van der Waals surface area contributed by atoms with Crippen molar-refractivity contribution < 1.29 is 0 Å². The molecular weight excluding hydrogens is 230 g/mol. The van der Waals surface area contributed by atoms with Crippen molar-refractivity contribution in [2.24, 2.45) is 5.73 Å². The van der Waals surface area contributed by atoms with E-state index < -0.39 is 0 Å². The maximum atomic E-state index is 5.90. The van der Waals surface area contributed by atoms with Gasteiger partial charge in [0.05, 0.1) is 0 Å². The summed E-state index contributed by atoms with van der Waals surface area (Å²) in [6.07, 6.45) is 6.45. The van der Waals surface area contributed by atoms with Crippen molar-refractivity contribution in [3.63, 3.8) is 0 Å². The van der Waals surface area contributed by atoms with Gasteiger partial charge in [-0.1, -0.05) is 13.0 Å². The van der Waals surface area contributed by atoms with E-state index in [1.165, 1.54) is 4.88 Å². The molecule has 0 aromatic carbocycles. The summed E-state index contributed by atoms with van der Waals surface area (Å²) in [6.45, 7) is 2.09. The highest BCUT2D eigenvalue weighted by molar-refractivity contribution is 7.09. The molecule has 1 atom stereocenters. The van der Waals surface area contributed by atoms with Crippen LogP contribution in [0.2, 0.25) is 0 Å². The lowest BCUT2D eigenvalue weighted by Crippen LogP contribution is -2.21. The Morgan fingerprint density at radius 2 is 2.12 bits per heavy atom. The molecule has 0 fully saturated rings. The molecule has 0 spiro atoms. The van der Waals surface area contributed by atoms with Gasteiger partial charge in [0.2, 0.25) is 0 Å². The van der Waals surface area contributed by atoms with Crippen LogP contribution in [0.15, 0.2) is 29.9 Å². The fourth-order valence-electron chi connectivity index (χ4n) is 1.59. The smallest absolute Gasteiger partial charge is 0.133 e. The number of hydrogen-bond acceptors (Lipinski definition) is 4. The first-order valence-electron chi connectivity index (χ1n) is 5.85. The summed E-state index contributed by atoms with van der Waals surface area (Å²) in [7, 11) is 0. The van der Waals surface area contributed by atoms with E-state index in [1.54, 1.807) is 11.3 Å². The molecule has 0 saturated heterocycles. The van der Waals surface area contributed by atoms with Gasteiger partial charge in [0, 0.05) is 29.7 Å². The van der Waals surface area contributed by atoms with Gasteiger partial charge in [-0.15, -0.1) is 11.3 Å². The zero-order valence-corrected chi connectivity index (χ0v) is 10.8. The lowest BCUT2D eigenvalue weighted by atomic mass is 10.1. The second-order valence-corrected chi connectivity index (χ2v) is 5.17. The molecule has 0 bridgehead atoms. The Bertz CT molecular complexity index is 436. The van der Waals surface area contributed by atoms with Crippen LogP contribution in [0.5, 0.6) is 0 Å². The Morgan fingerprint density at radius 1 is 1.35 bits per heavy atom. The second-order valence-electron chi connectivity index (χ2n) is 4.14. The van der Waals surface area contributed by atoms with Crippen molar-refractivity contribution in [2.75, 3.05) is 0 Å². The molecule has 90 valence electrons. The van der Waals surface area contributed by atoms with Crippen molar-refractivity contribution in [3.8, 4) is 0 Å². The van der Waals surface area contributed by atoms with Crippen molar-refractivity contribution in [1.29, 1.82) is 0 Å². The lowest BCUT2D eigenvalue weighted by Gasteiger charge is -2.07. The van der Waals surface area contributed by atoms with Gasteiger partial charge in [-0.3, -0.25) is 0 Å². The molecule has 2 aromatic rings. The van der Waals surface area contributed by atoms with Crippen LogP contribution in [-0.4, -0.2) is 16.0 Å². The number of nitrogens with zero attached hydrogens (tertiary/aromatic N) is 2. The Hall–Kier alpha value is -1.26. The Morgan fingerprint density at radius 3 is 2.71 bits per heavy atom. The summed E-state index contributed by atoms with van der Waals surface area (Å²) >= 11 is 1.74. The van der Waals surface area contributed by atoms with Gasteiger partial charge in [0.1, 0.15) is 5.82 Å². The summed E-state index contributed by atoms with van der Waals surface area (Å²) in [5.74, 6) is 0.876. The average molecular weight is 247 g/mol. The molecule has 17 heavy (non-hydrogen) atoms. The molecule has 3 nitrogen and oxygen atoms in total. The maximum absolute atomic E-state index is 5.90. The summed E-state index contributed by atoms with van der Waals surface area (Å²) in [5, 5.41) is 2.07. The van der Waals surface area contributed by atoms with Crippen molar-refractivity contribution in [2.45, 2.75) is 32.2 Å². The molecule has 2 heterocycles. The SMILES string of the molecule is CCC(N)Cc1cnc(Cc2cccs2)nc1. The van der Waals surface area contributed by atoms with Crippen molar-refractivity contribution >= 4 is 11.3 Å². The van der Waals surface area contributed by atoms with E-state index in [2.05, 4.69) is 34.4 Å². The van der Waals surface area contributed by atoms with Gasteiger partial charge in [-0.25, -0.2) is 9.97 Å². The van der Waals surface area contributed by atoms with Crippen LogP contribution in [0.1, 0.15) is 29.6 Å². The number of hydrogen-bond donors (Lipinski definition) is 1. The van der Waals surface area contributed by atoms with Gasteiger partial charge >= 0.3 is 0 Å². The van der Waals surface area contributed by atoms with E-state index in [9.17, 15) is 0 Å². The van der Waals surface area contributed by atoms with Gasteiger partial charge in [0.25, 0.3) is 0 Å². The molecule has 2 rings (SSSR count). The van der Waals surface area contributed by atoms with Crippen LogP contribution < -0.4 is 5.73 Å². The zero-order valence-electron chi connectivity index (χ0n) is 9.97. The number of rotatable bonds is 5. The predicted molar refractivity (Wildman–Crippen MR) is 71.1 cm³/mol. The zero-order chi connectivity index (χ0) is 12.1. The highest BCUT2D eigenvalue weighted by atomic mass is 32.1. The first kappa shape index (κ1) is 12.2. The van der Waals surface area contributed by atoms with Gasteiger partial charge in [-0.05, 0) is 29.9 Å². The van der Waals surface area contributed by atoms with Crippen LogP contribution in [0.4, 0.5) is 0 Å². The Balaban J connectivity index is 1.98. The summed E-state index contributed by atoms with van der Waals surface area (Å²) in [4.78, 5) is 10.1. The molecule has 0 aliphatic carbocycles. The first-order valence-corrected chi connectivity index (χ1v) is 6.73. The van der Waals surface area contributed by atoms with E-state index in [-0.39, 0.29) is 6.04 Å². The van der Waals surface area contributed by atoms with Crippen molar-refractivity contribution in [1.82, 2.24) is 9.97 Å². The normalized spacial score (nSPS) is 12.6. The molecule has 0 radical (unpaired) electrons. The number of aromatic nitrogens is 2. The van der Waals surface area contributed by atoms with E-state index in [0.29, 0.717) is 0 Å². The van der Waals surface area contributed by atoms with Crippen molar-refractivity contribution in [3.05, 3.63) is 46.2 Å². The third-order valence-electron chi connectivity index (χ3n) is 2.69. The number of thiophene rings is 1. The molecule has 2 aromatic heterocycles. The second kappa shape index (κ2) is 5.89. The summed E-state index contributed by atoms with van der Waals surface area (Å²) in [5.41, 5.74) is 7.02. The largest absolute Gasteiger partial charge is 0.327 e. The van der Waals surface area contributed by atoms with Gasteiger partial charge < -0.3 is 5.73 Å². The summed E-state index contributed by atoms with van der Waals surface area (Å²) in [6, 6.07) is 4.37. The molecule has 1 unspecified atom stereocenters. The van der Waals surface area contributed by atoms with Crippen LogP contribution in [0.3, 0.4) is 0 Å². The van der Waals surface area contributed by atoms with E-state index in [4.69, 9.17) is 5.73 Å². The van der Waals surface area contributed by atoms with E-state index in [0.717, 1.165) is 30.7 Å². The Labute approximate surface area is 106 Å². The summed E-state index contributed by atoms with van der Waals surface area (Å²) < 4.78 is 0. The molecule has 0 aliphatic rings. The van der Waals surface area contributed by atoms with Crippen LogP contribution in [0.25, 0.3) is 0 Å². The maximum Gasteiger partial charge on any atom is 0.133 e. The third kappa shape index (κ3) is 3.61. The van der Waals surface area contributed by atoms with Crippen LogP contribution in [0, 0.1) is 0 Å². The van der Waals surface area contributed by atoms with E-state index in [1.807, 2.05) is 12.4 Å². The fourth-order valence-corrected chi connectivity index (χ4v) is 2.30. The molecular formula is C13H17N3S.